The van der Waals surface area contributed by atoms with Crippen molar-refractivity contribution >= 4 is 23.5 Å². The molecule has 0 bridgehead atoms. The van der Waals surface area contributed by atoms with Crippen LogP contribution in [0.5, 0.6) is 0 Å². The van der Waals surface area contributed by atoms with E-state index in [9.17, 15) is 19.5 Å². The fourth-order valence-corrected chi connectivity index (χ4v) is 4.04. The second-order valence-corrected chi connectivity index (χ2v) is 9.47. The van der Waals surface area contributed by atoms with Crippen molar-refractivity contribution in [2.75, 3.05) is 18.9 Å². The standard InChI is InChI=1S/C23H30N8O4/c1-23(2,3)19(21(34)30-13-17(32)9-18(30)20(33)25-4)31-12-16(28-29-31)11-26-22(35)27-15-7-5-6-14(8-15)10-24/h5-8,12,17-19,32H,9,11,13H2,1-4H3,(H,25,33)(H2,26,27,35)/t17?,18-,19?/m1/s1. The number of hydrogen-bond donors (Lipinski definition) is 4. The second kappa shape index (κ2) is 10.5. The molecule has 0 saturated carbocycles. The number of benzene rings is 1. The van der Waals surface area contributed by atoms with E-state index < -0.39 is 29.6 Å². The third kappa shape index (κ3) is 6.13. The van der Waals surface area contributed by atoms with Crippen LogP contribution in [0, 0.1) is 16.7 Å². The highest BCUT2D eigenvalue weighted by Gasteiger charge is 2.45. The number of aliphatic hydroxyl groups is 1. The minimum absolute atomic E-state index is 0.0537. The second-order valence-electron chi connectivity index (χ2n) is 9.47. The maximum absolute atomic E-state index is 13.5. The molecule has 0 radical (unpaired) electrons. The van der Waals surface area contributed by atoms with Gasteiger partial charge in [-0.05, 0) is 23.6 Å². The van der Waals surface area contributed by atoms with Gasteiger partial charge in [-0.15, -0.1) is 5.10 Å². The highest BCUT2D eigenvalue weighted by molar-refractivity contribution is 5.90. The van der Waals surface area contributed by atoms with Gasteiger partial charge in [-0.1, -0.05) is 32.1 Å². The van der Waals surface area contributed by atoms with E-state index in [1.807, 2.05) is 26.8 Å². The smallest absolute Gasteiger partial charge is 0.319 e. The Balaban J connectivity index is 1.71. The zero-order valence-corrected chi connectivity index (χ0v) is 20.1. The van der Waals surface area contributed by atoms with E-state index in [1.165, 1.54) is 16.6 Å². The predicted octanol–water partition coefficient (Wildman–Crippen LogP) is 0.766. The number of carbonyl (C=O) groups excluding carboxylic acids is 3. The molecular weight excluding hydrogens is 452 g/mol. The molecule has 2 heterocycles. The first-order valence-electron chi connectivity index (χ1n) is 11.2. The van der Waals surface area contributed by atoms with Crippen LogP contribution >= 0.6 is 0 Å². The third-order valence-electron chi connectivity index (χ3n) is 5.67. The summed E-state index contributed by atoms with van der Waals surface area (Å²) in [6.07, 6.45) is 0.956. The van der Waals surface area contributed by atoms with E-state index in [2.05, 4.69) is 26.3 Å². The molecule has 12 nitrogen and oxygen atoms in total. The number of rotatable bonds is 6. The number of amides is 4. The lowest BCUT2D eigenvalue weighted by molar-refractivity contribution is -0.144. The van der Waals surface area contributed by atoms with E-state index in [0.29, 0.717) is 16.9 Å². The van der Waals surface area contributed by atoms with E-state index in [-0.39, 0.29) is 31.3 Å². The minimum atomic E-state index is -0.788. The topological polar surface area (TPSA) is 165 Å². The molecule has 4 amide bonds. The molecule has 3 rings (SSSR count). The molecule has 0 spiro atoms. The van der Waals surface area contributed by atoms with Crippen LogP contribution in [0.3, 0.4) is 0 Å². The number of hydrogen-bond acceptors (Lipinski definition) is 7. The lowest BCUT2D eigenvalue weighted by Crippen LogP contribution is -2.49. The van der Waals surface area contributed by atoms with Gasteiger partial charge in [0.1, 0.15) is 17.8 Å². The van der Waals surface area contributed by atoms with Crippen LogP contribution in [-0.2, 0) is 16.1 Å². The summed E-state index contributed by atoms with van der Waals surface area (Å²) < 4.78 is 1.43. The number of urea groups is 1. The Bertz CT molecular complexity index is 1130. The first-order chi connectivity index (χ1) is 16.5. The molecule has 2 unspecified atom stereocenters. The van der Waals surface area contributed by atoms with Gasteiger partial charge in [-0.25, -0.2) is 9.48 Å². The fraction of sp³-hybridized carbons (Fsp3) is 0.478. The maximum atomic E-state index is 13.5. The molecule has 1 aliphatic rings. The number of carbonyl (C=O) groups is 3. The van der Waals surface area contributed by atoms with Gasteiger partial charge in [0, 0.05) is 25.7 Å². The molecule has 1 aromatic carbocycles. The summed E-state index contributed by atoms with van der Waals surface area (Å²) >= 11 is 0. The van der Waals surface area contributed by atoms with Gasteiger partial charge < -0.3 is 26.0 Å². The Labute approximate surface area is 203 Å². The number of nitrogens with zero attached hydrogens (tertiary/aromatic N) is 5. The largest absolute Gasteiger partial charge is 0.391 e. The van der Waals surface area contributed by atoms with Crippen molar-refractivity contribution in [2.24, 2.45) is 5.41 Å². The number of anilines is 1. The summed E-state index contributed by atoms with van der Waals surface area (Å²) in [5.74, 6) is -0.681. The lowest BCUT2D eigenvalue weighted by Gasteiger charge is -2.34. The Kier molecular flexibility index (Phi) is 7.71. The molecule has 1 fully saturated rings. The molecule has 186 valence electrons. The van der Waals surface area contributed by atoms with Gasteiger partial charge in [-0.2, -0.15) is 5.26 Å². The van der Waals surface area contributed by atoms with Crippen LogP contribution in [0.25, 0.3) is 0 Å². The van der Waals surface area contributed by atoms with Gasteiger partial charge in [0.25, 0.3) is 0 Å². The van der Waals surface area contributed by atoms with Gasteiger partial charge in [0.2, 0.25) is 11.8 Å². The number of likely N-dealkylation sites (tertiary alicyclic amines) is 1. The third-order valence-corrected chi connectivity index (χ3v) is 5.67. The van der Waals surface area contributed by atoms with Crippen molar-refractivity contribution in [3.8, 4) is 6.07 Å². The zero-order chi connectivity index (χ0) is 25.8. The van der Waals surface area contributed by atoms with Gasteiger partial charge >= 0.3 is 6.03 Å². The first-order valence-corrected chi connectivity index (χ1v) is 11.2. The van der Waals surface area contributed by atoms with Crippen molar-refractivity contribution in [3.63, 3.8) is 0 Å². The van der Waals surface area contributed by atoms with E-state index in [0.717, 1.165) is 0 Å². The van der Waals surface area contributed by atoms with E-state index in [4.69, 9.17) is 5.26 Å². The van der Waals surface area contributed by atoms with Crippen LogP contribution < -0.4 is 16.0 Å². The number of aromatic nitrogens is 3. The van der Waals surface area contributed by atoms with Crippen molar-refractivity contribution in [3.05, 3.63) is 41.7 Å². The number of nitriles is 1. The molecule has 2 aromatic rings. The molecule has 1 aliphatic heterocycles. The lowest BCUT2D eigenvalue weighted by atomic mass is 9.85. The van der Waals surface area contributed by atoms with Gasteiger partial charge in [0.15, 0.2) is 0 Å². The van der Waals surface area contributed by atoms with Crippen LogP contribution in [0.15, 0.2) is 30.5 Å². The summed E-state index contributed by atoms with van der Waals surface area (Å²) in [7, 11) is 1.49. The molecule has 35 heavy (non-hydrogen) atoms. The Morgan fingerprint density at radius 2 is 2.06 bits per heavy atom. The highest BCUT2D eigenvalue weighted by Crippen LogP contribution is 2.34. The van der Waals surface area contributed by atoms with Crippen LogP contribution in [0.1, 0.15) is 44.5 Å². The minimum Gasteiger partial charge on any atom is -0.391 e. The van der Waals surface area contributed by atoms with Crippen molar-refractivity contribution in [1.82, 2.24) is 30.5 Å². The number of β-amino-alcohol motifs (C(OH)–C–C–N with tert-alkyl or cyclic N) is 1. The highest BCUT2D eigenvalue weighted by atomic mass is 16.3. The van der Waals surface area contributed by atoms with Crippen molar-refractivity contribution in [2.45, 2.75) is 51.9 Å². The first kappa shape index (κ1) is 25.6. The maximum Gasteiger partial charge on any atom is 0.319 e. The van der Waals surface area contributed by atoms with Crippen molar-refractivity contribution < 1.29 is 19.5 Å². The van der Waals surface area contributed by atoms with Crippen LogP contribution in [-0.4, -0.2) is 68.6 Å². The molecule has 0 aliphatic carbocycles. The summed E-state index contributed by atoms with van der Waals surface area (Å²) in [6.45, 7) is 5.73. The molecule has 12 heteroatoms. The quantitative estimate of drug-likeness (QED) is 0.472. The molecule has 4 N–H and O–H groups in total. The van der Waals surface area contributed by atoms with Crippen LogP contribution in [0.2, 0.25) is 0 Å². The molecule has 3 atom stereocenters. The summed E-state index contributed by atoms with van der Waals surface area (Å²) in [6, 6.07) is 6.48. The zero-order valence-electron chi connectivity index (χ0n) is 20.1. The fourth-order valence-electron chi connectivity index (χ4n) is 4.04. The Morgan fingerprint density at radius 3 is 2.71 bits per heavy atom. The van der Waals surface area contributed by atoms with Gasteiger partial charge in [0.05, 0.1) is 30.5 Å². The van der Waals surface area contributed by atoms with Crippen molar-refractivity contribution in [1.29, 1.82) is 5.26 Å². The summed E-state index contributed by atoms with van der Waals surface area (Å²) in [5, 5.41) is 35.1. The predicted molar refractivity (Wildman–Crippen MR) is 126 cm³/mol. The van der Waals surface area contributed by atoms with E-state index in [1.54, 1.807) is 30.5 Å². The molecule has 1 aromatic heterocycles. The van der Waals surface area contributed by atoms with Crippen LogP contribution in [0.4, 0.5) is 10.5 Å². The SMILES string of the molecule is CNC(=O)[C@H]1CC(O)CN1C(=O)C(n1cc(CNC(=O)Nc2cccc(C#N)c2)nn1)C(C)(C)C. The molecular formula is C23H30N8O4. The molecule has 1 saturated heterocycles. The monoisotopic (exact) mass is 482 g/mol. The number of nitrogens with one attached hydrogen (secondary N) is 3. The summed E-state index contributed by atoms with van der Waals surface area (Å²) in [4.78, 5) is 39.5. The normalized spacial score (nSPS) is 18.5. The van der Waals surface area contributed by atoms with Gasteiger partial charge in [-0.3, -0.25) is 9.59 Å². The Hall–Kier alpha value is -3.98. The average Bonchev–Trinajstić information content (AvgIpc) is 3.43. The summed E-state index contributed by atoms with van der Waals surface area (Å²) in [5.41, 5.74) is 0.742. The number of aliphatic hydroxyl groups excluding tert-OH is 1. The Morgan fingerprint density at radius 1 is 1.31 bits per heavy atom. The average molecular weight is 483 g/mol. The van der Waals surface area contributed by atoms with E-state index >= 15 is 0 Å². The number of likely N-dealkylation sites (N-methyl/N-ethyl adjacent to an activating group) is 1.